The number of carbonyl (C=O) groups excluding carboxylic acids is 4. The number of alkyl halides is 1. The maximum Gasteiger partial charge on any atom is 0.351 e. The number of fused-ring (bicyclic) bond motifs is 1. The van der Waals surface area contributed by atoms with E-state index in [4.69, 9.17) is 40.9 Å². The lowest BCUT2D eigenvalue weighted by molar-refractivity contribution is -0.188. The van der Waals surface area contributed by atoms with Gasteiger partial charge < -0.3 is 40.9 Å². The van der Waals surface area contributed by atoms with E-state index < -0.39 is 85.3 Å². The molecule has 3 unspecified atom stereocenters. The van der Waals surface area contributed by atoms with Crippen molar-refractivity contribution in [1.29, 1.82) is 0 Å². The molecule has 0 radical (unpaired) electrons. The zero-order valence-electron chi connectivity index (χ0n) is 27.1. The largest absolute Gasteiger partial charge is 0.466 e. The molecule has 7 N–H and O–H groups in total. The highest BCUT2D eigenvalue weighted by Gasteiger charge is 2.43. The number of nitrogen functional groups attached to an aromatic ring is 1. The average molecular weight is 670 g/mol. The molecule has 47 heavy (non-hydrogen) atoms. The Bertz CT molecular complexity index is 1470. The Balaban J connectivity index is 1.84. The van der Waals surface area contributed by atoms with Gasteiger partial charge in [0, 0.05) is 6.42 Å². The summed E-state index contributed by atoms with van der Waals surface area (Å²) in [4.78, 5) is 74.5. The summed E-state index contributed by atoms with van der Waals surface area (Å²) in [5.41, 5.74) is 17.1. The first-order valence-electron chi connectivity index (χ1n) is 15.5. The molecule has 17 nitrogen and oxygen atoms in total. The summed E-state index contributed by atoms with van der Waals surface area (Å²) in [6.07, 6.45) is -6.35. The number of hydrogen-bond acceptors (Lipinski definition) is 15. The van der Waals surface area contributed by atoms with Crippen molar-refractivity contribution < 1.29 is 47.3 Å². The zero-order valence-corrected chi connectivity index (χ0v) is 27.1. The van der Waals surface area contributed by atoms with E-state index in [2.05, 4.69) is 15.0 Å². The normalized spacial score (nSPS) is 21.7. The van der Waals surface area contributed by atoms with E-state index in [0.717, 1.165) is 0 Å². The fourth-order valence-electron chi connectivity index (χ4n) is 4.68. The number of H-pyrrole nitrogens is 1. The first kappa shape index (κ1) is 37.3. The van der Waals surface area contributed by atoms with Crippen LogP contribution in [0.3, 0.4) is 0 Å². The van der Waals surface area contributed by atoms with Gasteiger partial charge in [-0.15, -0.1) is 0 Å². The molecule has 0 bridgehead atoms. The van der Waals surface area contributed by atoms with Gasteiger partial charge >= 0.3 is 23.9 Å². The lowest BCUT2D eigenvalue weighted by atomic mass is 10.00. The van der Waals surface area contributed by atoms with E-state index in [9.17, 15) is 24.0 Å². The molecule has 1 fully saturated rings. The molecule has 1 saturated heterocycles. The molecule has 0 spiro atoms. The van der Waals surface area contributed by atoms with E-state index in [1.807, 2.05) is 0 Å². The lowest BCUT2D eigenvalue weighted by Crippen LogP contribution is -2.50. The van der Waals surface area contributed by atoms with Gasteiger partial charge in [0.1, 0.15) is 37.2 Å². The summed E-state index contributed by atoms with van der Waals surface area (Å²) in [7, 11) is 0. The average Bonchev–Trinajstić information content (AvgIpc) is 3.63. The molecule has 1 aliphatic rings. The fraction of sp³-hybridized carbons (Fsp3) is 0.690. The van der Waals surface area contributed by atoms with Crippen molar-refractivity contribution in [3.63, 3.8) is 0 Å². The quantitative estimate of drug-likeness (QED) is 0.139. The summed E-state index contributed by atoms with van der Waals surface area (Å²) < 4.78 is 43.5. The summed E-state index contributed by atoms with van der Waals surface area (Å²) in [6.45, 7) is 7.86. The van der Waals surface area contributed by atoms with E-state index in [0.29, 0.717) is 12.8 Å². The van der Waals surface area contributed by atoms with Gasteiger partial charge in [-0.2, -0.15) is 4.98 Å². The highest BCUT2D eigenvalue weighted by molar-refractivity contribution is 5.84. The molecule has 0 amide bonds. The number of nitrogens with two attached hydrogens (primary N) is 3. The van der Waals surface area contributed by atoms with E-state index >= 15 is 4.39 Å². The number of hydrogen-bond donors (Lipinski definition) is 4. The van der Waals surface area contributed by atoms with Crippen LogP contribution in [0.4, 0.5) is 10.3 Å². The molecule has 0 saturated carbocycles. The molecule has 0 aromatic carbocycles. The summed E-state index contributed by atoms with van der Waals surface area (Å²) >= 11 is 0. The number of nitrogens with zero attached hydrogens (tertiary/aromatic N) is 3. The van der Waals surface area contributed by atoms with Gasteiger partial charge in [0.25, 0.3) is 5.56 Å². The van der Waals surface area contributed by atoms with Crippen molar-refractivity contribution in [2.45, 2.75) is 103 Å². The second-order valence-electron chi connectivity index (χ2n) is 11.5. The first-order chi connectivity index (χ1) is 22.2. The van der Waals surface area contributed by atoms with Crippen LogP contribution in [0.25, 0.3) is 11.2 Å². The first-order valence-corrected chi connectivity index (χ1v) is 15.5. The second kappa shape index (κ2) is 16.6. The minimum atomic E-state index is -2.00. The molecule has 18 heteroatoms. The maximum atomic E-state index is 15.2. The standard InChI is InChI=1S/C29H44FN7O10/c1-6-13(4)20(31)26(40)46-16(10-19(38)43-8-3)23(47-27(41)21(32)14(5)7-2)28(42)44-11-17-15(30)9-18(45-17)37-12-34-22-24(37)35-29(33)36-25(22)39/h12-18,20-21,23H,6-11,31-32H2,1-5H3,(H3,33,35,36,39)/t13-,14-,15?,16?,17+,18+,20-,21-,23?/m0/s1. The Morgan fingerprint density at radius 2 is 1.66 bits per heavy atom. The van der Waals surface area contributed by atoms with Crippen LogP contribution in [0.1, 0.15) is 66.5 Å². The minimum Gasteiger partial charge on any atom is -0.466 e. The van der Waals surface area contributed by atoms with Crippen molar-refractivity contribution in [2.24, 2.45) is 23.3 Å². The number of imidazole rings is 1. The molecule has 9 atom stereocenters. The van der Waals surface area contributed by atoms with E-state index in [1.165, 1.54) is 10.9 Å². The highest BCUT2D eigenvalue weighted by Crippen LogP contribution is 2.33. The van der Waals surface area contributed by atoms with Crippen LogP contribution < -0.4 is 22.8 Å². The number of esters is 4. The van der Waals surface area contributed by atoms with E-state index in [-0.39, 0.29) is 42.0 Å². The summed E-state index contributed by atoms with van der Waals surface area (Å²) in [5, 5.41) is 0. The third-order valence-corrected chi connectivity index (χ3v) is 8.12. The van der Waals surface area contributed by atoms with Gasteiger partial charge in [-0.05, 0) is 18.8 Å². The van der Waals surface area contributed by atoms with Crippen LogP contribution in [0.15, 0.2) is 11.1 Å². The fourth-order valence-corrected chi connectivity index (χ4v) is 4.68. The van der Waals surface area contributed by atoms with Gasteiger partial charge in [0.2, 0.25) is 12.1 Å². The van der Waals surface area contributed by atoms with Crippen LogP contribution in [-0.2, 0) is 42.9 Å². The number of anilines is 1. The Kier molecular flexibility index (Phi) is 13.2. The summed E-state index contributed by atoms with van der Waals surface area (Å²) in [5.74, 6) is -4.98. The van der Waals surface area contributed by atoms with Gasteiger partial charge in [-0.3, -0.25) is 28.7 Å². The number of nitrogens with one attached hydrogen (secondary N) is 1. The van der Waals surface area contributed by atoms with Crippen molar-refractivity contribution in [3.05, 3.63) is 16.7 Å². The Hall–Kier alpha value is -4.16. The molecular weight excluding hydrogens is 625 g/mol. The molecule has 3 heterocycles. The Morgan fingerprint density at radius 1 is 1.04 bits per heavy atom. The molecule has 2 aromatic rings. The maximum absolute atomic E-state index is 15.2. The van der Waals surface area contributed by atoms with Crippen LogP contribution >= 0.6 is 0 Å². The monoisotopic (exact) mass is 669 g/mol. The van der Waals surface area contributed by atoms with Gasteiger partial charge in [0.15, 0.2) is 17.3 Å². The van der Waals surface area contributed by atoms with Crippen molar-refractivity contribution in [1.82, 2.24) is 19.5 Å². The predicted molar refractivity (Wildman–Crippen MR) is 163 cm³/mol. The molecule has 2 aromatic heterocycles. The predicted octanol–water partition coefficient (Wildman–Crippen LogP) is 0.394. The zero-order chi connectivity index (χ0) is 35.0. The molecule has 0 aliphatic carbocycles. The van der Waals surface area contributed by atoms with Crippen LogP contribution in [-0.4, -0.2) is 93.2 Å². The minimum absolute atomic E-state index is 0.0273. The highest BCUT2D eigenvalue weighted by atomic mass is 19.1. The van der Waals surface area contributed by atoms with E-state index in [1.54, 1.807) is 34.6 Å². The number of ether oxygens (including phenoxy) is 5. The third-order valence-electron chi connectivity index (χ3n) is 8.12. The number of aromatic amines is 1. The SMILES string of the molecule is CCOC(=O)CC(OC(=O)[C@@H](N)[C@@H](C)CC)C(OC(=O)[C@@H](N)[C@@H](C)CC)C(=O)OC[C@H]1O[C@@H](n2cnc3c(=O)[nH]c(N)nc32)CC1F. The Morgan fingerprint density at radius 3 is 2.26 bits per heavy atom. The third kappa shape index (κ3) is 9.23. The summed E-state index contributed by atoms with van der Waals surface area (Å²) in [6, 6.07) is -2.30. The topological polar surface area (TPSA) is 256 Å². The molecular formula is C29H44FN7O10. The van der Waals surface area contributed by atoms with Gasteiger partial charge in [-0.1, -0.05) is 40.5 Å². The smallest absolute Gasteiger partial charge is 0.351 e. The molecule has 262 valence electrons. The molecule has 3 rings (SSSR count). The number of rotatable bonds is 16. The van der Waals surface area contributed by atoms with Crippen LogP contribution in [0.2, 0.25) is 0 Å². The van der Waals surface area contributed by atoms with Crippen molar-refractivity contribution in [2.75, 3.05) is 18.9 Å². The number of halogens is 1. The van der Waals surface area contributed by atoms with Crippen LogP contribution in [0.5, 0.6) is 0 Å². The van der Waals surface area contributed by atoms with Gasteiger partial charge in [0.05, 0.1) is 19.4 Å². The molecule has 1 aliphatic heterocycles. The van der Waals surface area contributed by atoms with Crippen molar-refractivity contribution in [3.8, 4) is 0 Å². The lowest BCUT2D eigenvalue weighted by Gasteiger charge is -2.29. The Labute approximate surface area is 270 Å². The van der Waals surface area contributed by atoms with Crippen LogP contribution in [0, 0.1) is 11.8 Å². The van der Waals surface area contributed by atoms with Gasteiger partial charge in [-0.25, -0.2) is 14.2 Å². The van der Waals surface area contributed by atoms with Crippen molar-refractivity contribution >= 4 is 41.0 Å². The second-order valence-corrected chi connectivity index (χ2v) is 11.5. The number of carbonyl (C=O) groups is 4. The number of aromatic nitrogens is 4.